The number of nitrogens with two attached hydrogens (primary N) is 1. The summed E-state index contributed by atoms with van der Waals surface area (Å²) in [5.74, 6) is 0.477. The van der Waals surface area contributed by atoms with E-state index >= 15 is 0 Å². The molecule has 0 aliphatic rings. The first-order valence-electron chi connectivity index (χ1n) is 3.08. The maximum atomic E-state index is 9.20. The highest BCUT2D eigenvalue weighted by molar-refractivity contribution is 4.85. The van der Waals surface area contributed by atoms with E-state index in [1.54, 1.807) is 0 Å². The molecule has 1 rings (SSSR count). The maximum Gasteiger partial charge on any atom is 0.153 e. The van der Waals surface area contributed by atoms with Crippen LogP contribution < -0.4 is 5.73 Å². The van der Waals surface area contributed by atoms with Crippen molar-refractivity contribution in [1.82, 2.24) is 15.2 Å². The van der Waals surface area contributed by atoms with Crippen molar-refractivity contribution in [2.75, 3.05) is 6.54 Å². The largest absolute Gasteiger partial charge is 0.385 e. The second kappa shape index (κ2) is 3.28. The zero-order valence-electron chi connectivity index (χ0n) is 5.49. The summed E-state index contributed by atoms with van der Waals surface area (Å²) in [5.41, 5.74) is 5.21. The molecule has 0 spiro atoms. The van der Waals surface area contributed by atoms with E-state index < -0.39 is 6.10 Å². The zero-order chi connectivity index (χ0) is 7.40. The molecule has 0 amide bonds. The molecule has 1 atom stereocenters. The summed E-state index contributed by atoms with van der Waals surface area (Å²) in [6.45, 7) is 0.446. The van der Waals surface area contributed by atoms with Gasteiger partial charge in [-0.15, -0.1) is 0 Å². The lowest BCUT2D eigenvalue weighted by Gasteiger charge is -2.02. The van der Waals surface area contributed by atoms with Gasteiger partial charge in [-0.2, -0.15) is 5.10 Å². The second-order valence-electron chi connectivity index (χ2n) is 1.96. The molecule has 0 saturated carbocycles. The predicted molar refractivity (Wildman–Crippen MR) is 35.0 cm³/mol. The number of aromatic amines is 1. The Morgan fingerprint density at radius 3 is 3.10 bits per heavy atom. The summed E-state index contributed by atoms with van der Waals surface area (Å²) in [6.07, 6.45) is 1.26. The predicted octanol–water partition coefficient (Wildman–Crippen LogP) is -0.813. The van der Waals surface area contributed by atoms with E-state index in [0.717, 1.165) is 0 Å². The molecule has 0 fully saturated rings. The molecular formula is C5H10N4O. The van der Waals surface area contributed by atoms with Gasteiger partial charge in [-0.05, 0) is 13.0 Å². The van der Waals surface area contributed by atoms with E-state index in [0.29, 0.717) is 18.8 Å². The zero-order valence-corrected chi connectivity index (χ0v) is 5.49. The second-order valence-corrected chi connectivity index (χ2v) is 1.96. The van der Waals surface area contributed by atoms with Gasteiger partial charge in [-0.1, -0.05) is 0 Å². The molecule has 0 radical (unpaired) electrons. The molecule has 0 unspecified atom stereocenters. The van der Waals surface area contributed by atoms with Gasteiger partial charge in [0.05, 0.1) is 0 Å². The molecule has 56 valence electrons. The van der Waals surface area contributed by atoms with Crippen LogP contribution >= 0.6 is 0 Å². The summed E-state index contributed by atoms with van der Waals surface area (Å²) >= 11 is 0. The number of nitrogens with one attached hydrogen (secondary N) is 1. The van der Waals surface area contributed by atoms with Crippen LogP contribution in [-0.2, 0) is 0 Å². The Balaban J connectivity index is 2.50. The normalized spacial score (nSPS) is 13.4. The van der Waals surface area contributed by atoms with E-state index in [2.05, 4.69) is 15.2 Å². The Labute approximate surface area is 58.3 Å². The molecule has 5 heteroatoms. The van der Waals surface area contributed by atoms with Gasteiger partial charge in [0.25, 0.3) is 0 Å². The molecule has 0 saturated heterocycles. The number of H-pyrrole nitrogens is 1. The van der Waals surface area contributed by atoms with Gasteiger partial charge < -0.3 is 10.8 Å². The third-order valence-electron chi connectivity index (χ3n) is 1.19. The molecule has 1 aromatic heterocycles. The molecule has 0 aliphatic carbocycles. The van der Waals surface area contributed by atoms with Crippen molar-refractivity contribution in [3.05, 3.63) is 12.2 Å². The molecule has 4 N–H and O–H groups in total. The van der Waals surface area contributed by atoms with Crippen LogP contribution in [0.3, 0.4) is 0 Å². The van der Waals surface area contributed by atoms with Gasteiger partial charge >= 0.3 is 0 Å². The van der Waals surface area contributed by atoms with E-state index in [-0.39, 0.29) is 0 Å². The Bertz CT molecular complexity index is 174. The van der Waals surface area contributed by atoms with Crippen LogP contribution in [0.2, 0.25) is 0 Å². The van der Waals surface area contributed by atoms with Crippen LogP contribution in [0.4, 0.5) is 0 Å². The number of aliphatic hydroxyl groups is 1. The first kappa shape index (κ1) is 7.17. The van der Waals surface area contributed by atoms with Gasteiger partial charge in [0.15, 0.2) is 5.82 Å². The molecule has 0 aliphatic heterocycles. The monoisotopic (exact) mass is 142 g/mol. The first-order chi connectivity index (χ1) is 4.84. The van der Waals surface area contributed by atoms with Crippen LogP contribution in [0.1, 0.15) is 18.3 Å². The van der Waals surface area contributed by atoms with E-state index in [4.69, 9.17) is 5.73 Å². The summed E-state index contributed by atoms with van der Waals surface area (Å²) in [4.78, 5) is 3.76. The number of aliphatic hydroxyl groups excluding tert-OH is 1. The van der Waals surface area contributed by atoms with Gasteiger partial charge in [0.1, 0.15) is 12.4 Å². The standard InChI is InChI=1S/C5H10N4O/c6-2-1-4(10)5-7-3-8-9-5/h3-4,10H,1-2,6H2,(H,7,8,9)/t4-/m1/s1. The highest BCUT2D eigenvalue weighted by Crippen LogP contribution is 2.07. The average Bonchev–Trinajstić information content (AvgIpc) is 2.38. The van der Waals surface area contributed by atoms with Crippen LogP contribution in [0.5, 0.6) is 0 Å². The number of hydrogen-bond donors (Lipinski definition) is 3. The Morgan fingerprint density at radius 1 is 1.80 bits per heavy atom. The SMILES string of the molecule is NCC[C@@H](O)c1ncn[nH]1. The smallest absolute Gasteiger partial charge is 0.153 e. The van der Waals surface area contributed by atoms with Crippen molar-refractivity contribution in [2.24, 2.45) is 5.73 Å². The third kappa shape index (κ3) is 1.52. The van der Waals surface area contributed by atoms with Crippen molar-refractivity contribution in [2.45, 2.75) is 12.5 Å². The minimum atomic E-state index is -0.604. The maximum absolute atomic E-state index is 9.20. The number of hydrogen-bond acceptors (Lipinski definition) is 4. The summed E-state index contributed by atoms with van der Waals surface area (Å²) in [5, 5.41) is 15.3. The highest BCUT2D eigenvalue weighted by atomic mass is 16.3. The number of rotatable bonds is 3. The minimum absolute atomic E-state index is 0.446. The van der Waals surface area contributed by atoms with Crippen molar-refractivity contribution in [3.8, 4) is 0 Å². The molecule has 10 heavy (non-hydrogen) atoms. The quantitative estimate of drug-likeness (QED) is 0.515. The number of nitrogens with zero attached hydrogens (tertiary/aromatic N) is 2. The lowest BCUT2D eigenvalue weighted by atomic mass is 10.2. The fourth-order valence-electron chi connectivity index (χ4n) is 0.670. The summed E-state index contributed by atoms with van der Waals surface area (Å²) in [7, 11) is 0. The van der Waals surface area contributed by atoms with Crippen LogP contribution in [0, 0.1) is 0 Å². The molecule has 5 nitrogen and oxygen atoms in total. The summed E-state index contributed by atoms with van der Waals surface area (Å²) < 4.78 is 0. The fourth-order valence-corrected chi connectivity index (χ4v) is 0.670. The van der Waals surface area contributed by atoms with Gasteiger partial charge in [-0.3, -0.25) is 5.10 Å². The van der Waals surface area contributed by atoms with Crippen LogP contribution in [-0.4, -0.2) is 26.8 Å². The average molecular weight is 142 g/mol. The Morgan fingerprint density at radius 2 is 2.60 bits per heavy atom. The third-order valence-corrected chi connectivity index (χ3v) is 1.19. The van der Waals surface area contributed by atoms with E-state index in [1.165, 1.54) is 6.33 Å². The Hall–Kier alpha value is -0.940. The molecule has 1 aromatic rings. The lowest BCUT2D eigenvalue weighted by Crippen LogP contribution is -2.07. The minimum Gasteiger partial charge on any atom is -0.385 e. The van der Waals surface area contributed by atoms with Crippen LogP contribution in [0.25, 0.3) is 0 Å². The molecule has 1 heterocycles. The van der Waals surface area contributed by atoms with Crippen molar-refractivity contribution >= 4 is 0 Å². The van der Waals surface area contributed by atoms with Gasteiger partial charge in [0, 0.05) is 0 Å². The highest BCUT2D eigenvalue weighted by Gasteiger charge is 2.07. The van der Waals surface area contributed by atoms with Crippen molar-refractivity contribution in [3.63, 3.8) is 0 Å². The van der Waals surface area contributed by atoms with Crippen LogP contribution in [0.15, 0.2) is 6.33 Å². The van der Waals surface area contributed by atoms with Crippen molar-refractivity contribution in [1.29, 1.82) is 0 Å². The molecular weight excluding hydrogens is 132 g/mol. The topological polar surface area (TPSA) is 87.8 Å². The van der Waals surface area contributed by atoms with E-state index in [9.17, 15) is 5.11 Å². The van der Waals surface area contributed by atoms with E-state index in [1.807, 2.05) is 0 Å². The van der Waals surface area contributed by atoms with Gasteiger partial charge in [0.2, 0.25) is 0 Å². The molecule has 0 bridgehead atoms. The Kier molecular flexibility index (Phi) is 2.35. The van der Waals surface area contributed by atoms with Crippen molar-refractivity contribution < 1.29 is 5.11 Å². The fraction of sp³-hybridized carbons (Fsp3) is 0.600. The summed E-state index contributed by atoms with van der Waals surface area (Å²) in [6, 6.07) is 0. The lowest BCUT2D eigenvalue weighted by molar-refractivity contribution is 0.161. The molecule has 0 aromatic carbocycles. The van der Waals surface area contributed by atoms with Gasteiger partial charge in [-0.25, -0.2) is 4.98 Å². The first-order valence-corrected chi connectivity index (χ1v) is 3.08. The number of aromatic nitrogens is 3.